The Bertz CT molecular complexity index is 1240. The number of nitrogens with zero attached hydrogens (tertiary/aromatic N) is 2. The molecule has 1 aliphatic carbocycles. The first-order valence-electron chi connectivity index (χ1n) is 11.7. The van der Waals surface area contributed by atoms with Crippen molar-refractivity contribution < 1.29 is 9.18 Å². The third kappa shape index (κ3) is 2.83. The lowest BCUT2D eigenvalue weighted by atomic mass is 9.82. The molecular weight excluding hydrogens is 401 g/mol. The van der Waals surface area contributed by atoms with Crippen molar-refractivity contribution in [1.82, 2.24) is 9.88 Å². The van der Waals surface area contributed by atoms with Gasteiger partial charge >= 0.3 is 0 Å². The van der Waals surface area contributed by atoms with Crippen LogP contribution in [0.25, 0.3) is 16.6 Å². The van der Waals surface area contributed by atoms with Gasteiger partial charge in [-0.25, -0.2) is 9.37 Å². The quantitative estimate of drug-likeness (QED) is 0.623. The molecule has 5 heteroatoms. The van der Waals surface area contributed by atoms with Gasteiger partial charge in [0.15, 0.2) is 0 Å². The highest BCUT2D eigenvalue weighted by atomic mass is 19.1. The fourth-order valence-electron chi connectivity index (χ4n) is 5.76. The number of hydrogen-bond acceptors (Lipinski definition) is 4. The number of allylic oxidation sites excluding steroid dienone is 3. The molecule has 2 atom stereocenters. The molecule has 0 saturated heterocycles. The molecule has 32 heavy (non-hydrogen) atoms. The van der Waals surface area contributed by atoms with Crippen molar-refractivity contribution in [3.8, 4) is 0 Å². The second-order valence-electron chi connectivity index (χ2n) is 9.25. The number of aromatic nitrogens is 1. The smallest absolute Gasteiger partial charge is 0.128 e. The zero-order valence-corrected chi connectivity index (χ0v) is 19.1. The van der Waals surface area contributed by atoms with E-state index in [1.807, 2.05) is 13.8 Å². The number of hydrogen-bond donors (Lipinski definition) is 1. The van der Waals surface area contributed by atoms with E-state index in [1.54, 1.807) is 6.07 Å². The number of benzene rings is 1. The van der Waals surface area contributed by atoms with E-state index < -0.39 is 0 Å². The summed E-state index contributed by atoms with van der Waals surface area (Å²) in [5.41, 5.74) is 16.3. The Labute approximate surface area is 188 Å². The van der Waals surface area contributed by atoms with Gasteiger partial charge in [0.2, 0.25) is 0 Å². The van der Waals surface area contributed by atoms with Crippen LogP contribution < -0.4 is 5.73 Å². The predicted octanol–water partition coefficient (Wildman–Crippen LogP) is 5.63. The molecule has 0 radical (unpaired) electrons. The number of carbonyl (C=O) groups is 1. The summed E-state index contributed by atoms with van der Waals surface area (Å²) in [7, 11) is 0. The predicted molar refractivity (Wildman–Crippen MR) is 126 cm³/mol. The Morgan fingerprint density at radius 3 is 2.84 bits per heavy atom. The molecule has 0 spiro atoms. The van der Waals surface area contributed by atoms with Crippen LogP contribution in [-0.2, 0) is 17.8 Å². The van der Waals surface area contributed by atoms with Gasteiger partial charge in [-0.2, -0.15) is 0 Å². The topological polar surface area (TPSA) is 59.2 Å². The fourth-order valence-corrected chi connectivity index (χ4v) is 5.76. The van der Waals surface area contributed by atoms with E-state index in [1.165, 1.54) is 0 Å². The maximum absolute atomic E-state index is 14.7. The highest BCUT2D eigenvalue weighted by Crippen LogP contribution is 2.48. The first kappa shape index (κ1) is 21.1. The molecule has 0 amide bonds. The molecule has 0 bridgehead atoms. The average molecular weight is 432 g/mol. The summed E-state index contributed by atoms with van der Waals surface area (Å²) in [5.74, 6) is -0.379. The van der Waals surface area contributed by atoms with Crippen LogP contribution in [0.15, 0.2) is 35.6 Å². The monoisotopic (exact) mass is 431 g/mol. The largest absolute Gasteiger partial charge is 0.335 e. The van der Waals surface area contributed by atoms with E-state index >= 15 is 0 Å². The van der Waals surface area contributed by atoms with Crippen molar-refractivity contribution in [2.75, 3.05) is 0 Å². The highest BCUT2D eigenvalue weighted by Gasteiger charge is 2.38. The molecule has 3 heterocycles. The normalized spacial score (nSPS) is 20.4. The molecule has 0 fully saturated rings. The molecule has 0 saturated carbocycles. The number of aldehydes is 1. The summed E-state index contributed by atoms with van der Waals surface area (Å²) in [6.45, 7) is 11.1. The molecule has 2 N–H and O–H groups in total. The maximum atomic E-state index is 14.7. The molecule has 1 aromatic heterocycles. The number of halogens is 1. The van der Waals surface area contributed by atoms with Gasteiger partial charge in [-0.05, 0) is 66.5 Å². The lowest BCUT2D eigenvalue weighted by Gasteiger charge is -2.32. The molecule has 4 nitrogen and oxygen atoms in total. The second-order valence-corrected chi connectivity index (χ2v) is 9.25. The van der Waals surface area contributed by atoms with Crippen molar-refractivity contribution in [3.63, 3.8) is 0 Å². The standard InChI is InChI=1S/C27H30FN3O/c1-5-7-18-15(4)31-12-20-25-22(29)9-8-17-14(3)21(28)11-23(26(17)25)30-27(20)24(31)10-19(18)16(6-2)13-32/h10-11,13,16,22H,4-9,12,29H2,1-3H3. The Kier molecular flexibility index (Phi) is 5.05. The van der Waals surface area contributed by atoms with Crippen LogP contribution in [0, 0.1) is 18.7 Å². The zero-order chi connectivity index (χ0) is 22.7. The third-order valence-corrected chi connectivity index (χ3v) is 7.49. The van der Waals surface area contributed by atoms with Gasteiger partial charge in [-0.15, -0.1) is 0 Å². The Balaban J connectivity index is 1.79. The number of carbonyl (C=O) groups excluding carboxylic acids is 1. The minimum Gasteiger partial charge on any atom is -0.335 e. The molecule has 5 rings (SSSR count). The molecule has 2 unspecified atom stereocenters. The van der Waals surface area contributed by atoms with E-state index in [0.717, 1.165) is 88.7 Å². The summed E-state index contributed by atoms with van der Waals surface area (Å²) < 4.78 is 14.7. The van der Waals surface area contributed by atoms with E-state index in [0.29, 0.717) is 17.6 Å². The van der Waals surface area contributed by atoms with Crippen LogP contribution in [0.4, 0.5) is 4.39 Å². The van der Waals surface area contributed by atoms with Gasteiger partial charge in [0.05, 0.1) is 23.5 Å². The van der Waals surface area contributed by atoms with Crippen LogP contribution in [0.5, 0.6) is 0 Å². The lowest BCUT2D eigenvalue weighted by molar-refractivity contribution is -0.110. The van der Waals surface area contributed by atoms with Crippen LogP contribution in [0.3, 0.4) is 0 Å². The Morgan fingerprint density at radius 2 is 2.16 bits per heavy atom. The Hall–Kier alpha value is -2.79. The Morgan fingerprint density at radius 1 is 1.38 bits per heavy atom. The first-order chi connectivity index (χ1) is 15.4. The van der Waals surface area contributed by atoms with Gasteiger partial charge in [0.1, 0.15) is 12.1 Å². The van der Waals surface area contributed by atoms with Crippen molar-refractivity contribution in [1.29, 1.82) is 0 Å². The van der Waals surface area contributed by atoms with Gasteiger partial charge < -0.3 is 15.4 Å². The number of fused-ring (bicyclic) bond motifs is 4. The molecule has 3 aliphatic rings. The molecular formula is C27H30FN3O. The van der Waals surface area contributed by atoms with Crippen molar-refractivity contribution in [3.05, 3.63) is 69.3 Å². The van der Waals surface area contributed by atoms with Crippen molar-refractivity contribution >= 4 is 22.9 Å². The lowest BCUT2D eigenvalue weighted by Crippen LogP contribution is -2.23. The summed E-state index contributed by atoms with van der Waals surface area (Å²) in [6, 6.07) is 1.46. The highest BCUT2D eigenvalue weighted by molar-refractivity contribution is 5.93. The summed E-state index contributed by atoms with van der Waals surface area (Å²) >= 11 is 0. The zero-order valence-electron chi connectivity index (χ0n) is 19.1. The second kappa shape index (κ2) is 7.66. The van der Waals surface area contributed by atoms with Crippen molar-refractivity contribution in [2.45, 2.75) is 65.5 Å². The molecule has 2 aromatic rings. The minimum absolute atomic E-state index is 0.0947. The average Bonchev–Trinajstić information content (AvgIpc) is 3.14. The van der Waals surface area contributed by atoms with E-state index in [9.17, 15) is 9.18 Å². The number of pyridine rings is 1. The van der Waals surface area contributed by atoms with Gasteiger partial charge in [0, 0.05) is 34.7 Å². The van der Waals surface area contributed by atoms with E-state index in [4.69, 9.17) is 10.7 Å². The first-order valence-corrected chi connectivity index (χ1v) is 11.7. The van der Waals surface area contributed by atoms with Crippen LogP contribution in [0.1, 0.15) is 73.5 Å². The van der Waals surface area contributed by atoms with Gasteiger partial charge in [0.25, 0.3) is 0 Å². The number of rotatable bonds is 5. The molecule has 1 aromatic carbocycles. The van der Waals surface area contributed by atoms with E-state index in [-0.39, 0.29) is 17.8 Å². The molecule has 2 aliphatic heterocycles. The fraction of sp³-hybridized carbons (Fsp3) is 0.407. The summed E-state index contributed by atoms with van der Waals surface area (Å²) in [6.07, 6.45) is 7.35. The summed E-state index contributed by atoms with van der Waals surface area (Å²) in [5, 5.41) is 1.04. The van der Waals surface area contributed by atoms with E-state index in [2.05, 4.69) is 24.5 Å². The SMILES string of the molecule is C=C1C(CCC)=C(C(C=O)CC)C=C2c3nc4cc(F)c(C)c5c4c(c3CN12)C(N)CC5. The molecule has 166 valence electrons. The van der Waals surface area contributed by atoms with Gasteiger partial charge in [-0.1, -0.05) is 26.8 Å². The van der Waals surface area contributed by atoms with Crippen molar-refractivity contribution in [2.24, 2.45) is 11.7 Å². The number of aryl methyl sites for hydroxylation is 1. The maximum Gasteiger partial charge on any atom is 0.128 e. The van der Waals surface area contributed by atoms with Gasteiger partial charge in [-0.3, -0.25) is 0 Å². The van der Waals surface area contributed by atoms with Crippen LogP contribution in [-0.4, -0.2) is 16.2 Å². The number of nitrogens with two attached hydrogens (primary N) is 1. The summed E-state index contributed by atoms with van der Waals surface area (Å²) in [4.78, 5) is 19.1. The minimum atomic E-state index is -0.212. The van der Waals surface area contributed by atoms with Crippen LogP contribution in [0.2, 0.25) is 0 Å². The van der Waals surface area contributed by atoms with Crippen LogP contribution >= 0.6 is 0 Å². The third-order valence-electron chi connectivity index (χ3n) is 7.49.